The van der Waals surface area contributed by atoms with Crippen molar-refractivity contribution < 1.29 is 14.3 Å². The average molecular weight is 301 g/mol. The molecule has 1 amide bonds. The second-order valence-corrected chi connectivity index (χ2v) is 4.80. The zero-order valence-corrected chi connectivity index (χ0v) is 12.6. The molecule has 2 N–H and O–H groups in total. The summed E-state index contributed by atoms with van der Waals surface area (Å²) in [6, 6.07) is 7.23. The Hall–Kier alpha value is -1.30. The fourth-order valence-corrected chi connectivity index (χ4v) is 1.78. The maximum Gasteiger partial charge on any atom is 0.225 e. The van der Waals surface area contributed by atoms with E-state index < -0.39 is 0 Å². The number of likely N-dealkylation sites (N-methyl/N-ethyl adjacent to an activating group) is 1. The molecule has 0 aliphatic heterocycles. The van der Waals surface area contributed by atoms with E-state index in [9.17, 15) is 4.79 Å². The van der Waals surface area contributed by atoms with Gasteiger partial charge in [-0.2, -0.15) is 0 Å². The van der Waals surface area contributed by atoms with Crippen molar-refractivity contribution in [1.29, 1.82) is 0 Å². The molecule has 0 aromatic heterocycles. The van der Waals surface area contributed by atoms with Gasteiger partial charge in [0.2, 0.25) is 5.91 Å². The van der Waals surface area contributed by atoms with Gasteiger partial charge in [0.25, 0.3) is 0 Å². The van der Waals surface area contributed by atoms with Crippen molar-refractivity contribution >= 4 is 17.5 Å². The number of nitrogens with zero attached hydrogens (tertiary/aromatic N) is 1. The van der Waals surface area contributed by atoms with Gasteiger partial charge in [-0.15, -0.1) is 0 Å². The Bertz CT molecular complexity index is 425. The van der Waals surface area contributed by atoms with E-state index in [0.29, 0.717) is 30.5 Å². The van der Waals surface area contributed by atoms with Gasteiger partial charge in [0, 0.05) is 20.7 Å². The molecule has 1 rings (SSSR count). The van der Waals surface area contributed by atoms with Gasteiger partial charge in [-0.05, 0) is 12.1 Å². The van der Waals surface area contributed by atoms with E-state index in [1.807, 2.05) is 12.1 Å². The SMILES string of the molecule is COC(CN)CC(=O)N(C)CCOc1ccccc1Cl. The summed E-state index contributed by atoms with van der Waals surface area (Å²) in [6.45, 7) is 1.18. The normalized spacial score (nSPS) is 12.0. The number of benzene rings is 1. The highest BCUT2D eigenvalue weighted by Gasteiger charge is 2.15. The largest absolute Gasteiger partial charge is 0.490 e. The van der Waals surface area contributed by atoms with E-state index in [1.165, 1.54) is 0 Å². The van der Waals surface area contributed by atoms with Crippen LogP contribution in [0, 0.1) is 0 Å². The number of nitrogens with two attached hydrogens (primary N) is 1. The van der Waals surface area contributed by atoms with Crippen LogP contribution in [-0.4, -0.2) is 50.8 Å². The smallest absolute Gasteiger partial charge is 0.225 e. The van der Waals surface area contributed by atoms with E-state index in [1.54, 1.807) is 31.2 Å². The van der Waals surface area contributed by atoms with Crippen LogP contribution in [0.4, 0.5) is 0 Å². The zero-order valence-electron chi connectivity index (χ0n) is 11.8. The minimum absolute atomic E-state index is 0.0231. The molecule has 0 heterocycles. The third-order valence-corrected chi connectivity index (χ3v) is 3.26. The van der Waals surface area contributed by atoms with Gasteiger partial charge in [-0.1, -0.05) is 23.7 Å². The zero-order chi connectivity index (χ0) is 15.0. The van der Waals surface area contributed by atoms with E-state index in [0.717, 1.165) is 0 Å². The van der Waals surface area contributed by atoms with Gasteiger partial charge in [-0.3, -0.25) is 4.79 Å². The molecular weight excluding hydrogens is 280 g/mol. The van der Waals surface area contributed by atoms with E-state index >= 15 is 0 Å². The van der Waals surface area contributed by atoms with E-state index in [4.69, 9.17) is 26.8 Å². The van der Waals surface area contributed by atoms with Crippen molar-refractivity contribution in [1.82, 2.24) is 4.90 Å². The Morgan fingerprint density at radius 1 is 1.45 bits per heavy atom. The lowest BCUT2D eigenvalue weighted by Crippen LogP contribution is -2.35. The predicted octanol–water partition coefficient (Wildman–Crippen LogP) is 1.54. The summed E-state index contributed by atoms with van der Waals surface area (Å²) in [6.07, 6.45) is 0.0321. The molecular formula is C14H21ClN2O3. The number of methoxy groups -OCH3 is 1. The maximum atomic E-state index is 11.9. The van der Waals surface area contributed by atoms with Gasteiger partial charge in [-0.25, -0.2) is 0 Å². The van der Waals surface area contributed by atoms with Crippen LogP contribution in [0.15, 0.2) is 24.3 Å². The molecule has 0 radical (unpaired) electrons. The number of ether oxygens (including phenoxy) is 2. The minimum atomic E-state index is -0.241. The molecule has 1 aromatic rings. The van der Waals surface area contributed by atoms with Crippen molar-refractivity contribution in [3.05, 3.63) is 29.3 Å². The van der Waals surface area contributed by atoms with Crippen molar-refractivity contribution in [2.24, 2.45) is 5.73 Å². The Morgan fingerprint density at radius 2 is 2.15 bits per heavy atom. The van der Waals surface area contributed by atoms with Crippen LogP contribution in [0.25, 0.3) is 0 Å². The molecule has 0 saturated carbocycles. The molecule has 0 aliphatic rings. The van der Waals surface area contributed by atoms with Crippen molar-refractivity contribution in [2.45, 2.75) is 12.5 Å². The molecule has 1 unspecified atom stereocenters. The summed E-state index contributed by atoms with van der Waals surface area (Å²) < 4.78 is 10.6. The standard InChI is InChI=1S/C14H21ClN2O3/c1-17(14(18)9-11(10-16)19-2)7-8-20-13-6-4-3-5-12(13)15/h3-6,11H,7-10,16H2,1-2H3. The molecule has 1 aromatic carbocycles. The summed E-state index contributed by atoms with van der Waals surface area (Å²) in [5, 5.41) is 0.559. The van der Waals surface area contributed by atoms with Crippen LogP contribution in [0.3, 0.4) is 0 Å². The second kappa shape index (κ2) is 8.79. The number of halogens is 1. The van der Waals surface area contributed by atoms with Crippen LogP contribution >= 0.6 is 11.6 Å². The first-order valence-corrected chi connectivity index (χ1v) is 6.80. The topological polar surface area (TPSA) is 64.8 Å². The predicted molar refractivity (Wildman–Crippen MR) is 79.1 cm³/mol. The molecule has 0 saturated heterocycles. The fraction of sp³-hybridized carbons (Fsp3) is 0.500. The number of hydrogen-bond acceptors (Lipinski definition) is 4. The number of hydrogen-bond donors (Lipinski definition) is 1. The van der Waals surface area contributed by atoms with Gasteiger partial charge >= 0.3 is 0 Å². The molecule has 0 fully saturated rings. The summed E-state index contributed by atoms with van der Waals surface area (Å²) in [4.78, 5) is 13.5. The van der Waals surface area contributed by atoms with Crippen LogP contribution in [-0.2, 0) is 9.53 Å². The van der Waals surface area contributed by atoms with Gasteiger partial charge in [0.15, 0.2) is 0 Å². The number of carbonyl (C=O) groups excluding carboxylic acids is 1. The van der Waals surface area contributed by atoms with Crippen molar-refractivity contribution in [3.63, 3.8) is 0 Å². The molecule has 0 bridgehead atoms. The third kappa shape index (κ3) is 5.36. The molecule has 6 heteroatoms. The molecule has 112 valence electrons. The first kappa shape index (κ1) is 16.8. The lowest BCUT2D eigenvalue weighted by atomic mass is 10.2. The summed E-state index contributed by atoms with van der Waals surface area (Å²) >= 11 is 5.97. The van der Waals surface area contributed by atoms with E-state index in [2.05, 4.69) is 0 Å². The van der Waals surface area contributed by atoms with Crippen LogP contribution in [0.1, 0.15) is 6.42 Å². The van der Waals surface area contributed by atoms with Crippen LogP contribution in [0.5, 0.6) is 5.75 Å². The number of para-hydroxylation sites is 1. The summed E-state index contributed by atoms with van der Waals surface area (Å²) in [7, 11) is 3.27. The summed E-state index contributed by atoms with van der Waals surface area (Å²) in [5.41, 5.74) is 5.49. The Morgan fingerprint density at radius 3 is 2.75 bits per heavy atom. The molecule has 1 atom stereocenters. The highest BCUT2D eigenvalue weighted by Crippen LogP contribution is 2.22. The Labute approximate surface area is 124 Å². The van der Waals surface area contributed by atoms with Gasteiger partial charge < -0.3 is 20.1 Å². The molecule has 0 aliphatic carbocycles. The van der Waals surface area contributed by atoms with Gasteiger partial charge in [0.1, 0.15) is 12.4 Å². The lowest BCUT2D eigenvalue weighted by Gasteiger charge is -2.20. The highest BCUT2D eigenvalue weighted by atomic mass is 35.5. The molecule has 5 nitrogen and oxygen atoms in total. The quantitative estimate of drug-likeness (QED) is 0.791. The number of carbonyl (C=O) groups is 1. The maximum absolute atomic E-state index is 11.9. The second-order valence-electron chi connectivity index (χ2n) is 4.39. The first-order valence-electron chi connectivity index (χ1n) is 6.42. The van der Waals surface area contributed by atoms with Crippen LogP contribution in [0.2, 0.25) is 5.02 Å². The Kier molecular flexibility index (Phi) is 7.36. The van der Waals surface area contributed by atoms with E-state index in [-0.39, 0.29) is 18.4 Å². The van der Waals surface area contributed by atoms with Gasteiger partial charge in [0.05, 0.1) is 24.1 Å². The lowest BCUT2D eigenvalue weighted by molar-refractivity contribution is -0.132. The fourth-order valence-electron chi connectivity index (χ4n) is 1.59. The van der Waals surface area contributed by atoms with Crippen LogP contribution < -0.4 is 10.5 Å². The monoisotopic (exact) mass is 300 g/mol. The number of amides is 1. The Balaban J connectivity index is 2.34. The third-order valence-electron chi connectivity index (χ3n) is 2.95. The van der Waals surface area contributed by atoms with Crippen molar-refractivity contribution in [2.75, 3.05) is 33.9 Å². The minimum Gasteiger partial charge on any atom is -0.490 e. The molecule has 20 heavy (non-hydrogen) atoms. The summed E-state index contributed by atoms with van der Waals surface area (Å²) in [5.74, 6) is 0.594. The molecule has 0 spiro atoms. The van der Waals surface area contributed by atoms with Crippen molar-refractivity contribution in [3.8, 4) is 5.75 Å². The highest BCUT2D eigenvalue weighted by molar-refractivity contribution is 6.32. The average Bonchev–Trinajstić information content (AvgIpc) is 2.46. The first-order chi connectivity index (χ1) is 9.58. The number of rotatable bonds is 8.